The maximum absolute atomic E-state index is 6.40. The maximum Gasteiger partial charge on any atom is 0.494 e. The summed E-state index contributed by atoms with van der Waals surface area (Å²) in [5.41, 5.74) is 5.82. The van der Waals surface area contributed by atoms with Crippen LogP contribution in [0, 0.1) is 0 Å². The van der Waals surface area contributed by atoms with E-state index in [4.69, 9.17) is 9.31 Å². The molecule has 1 heterocycles. The Morgan fingerprint density at radius 2 is 0.698 bits per heavy atom. The molecule has 3 nitrogen and oxygen atoms in total. The van der Waals surface area contributed by atoms with Gasteiger partial charge in [0.1, 0.15) is 0 Å². The highest BCUT2D eigenvalue weighted by Crippen LogP contribution is 2.38. The van der Waals surface area contributed by atoms with Crippen molar-refractivity contribution in [2.75, 3.05) is 4.90 Å². The van der Waals surface area contributed by atoms with E-state index in [1.54, 1.807) is 0 Å². The van der Waals surface area contributed by atoms with E-state index in [-0.39, 0.29) is 0 Å². The van der Waals surface area contributed by atoms with Crippen LogP contribution in [0.5, 0.6) is 0 Å². The van der Waals surface area contributed by atoms with Crippen molar-refractivity contribution in [3.05, 3.63) is 194 Å². The van der Waals surface area contributed by atoms with Gasteiger partial charge in [0.15, 0.2) is 8.07 Å². The van der Waals surface area contributed by atoms with Crippen LogP contribution in [0.15, 0.2) is 194 Å². The van der Waals surface area contributed by atoms with E-state index in [1.165, 1.54) is 31.9 Å². The fourth-order valence-electron chi connectivity index (χ4n) is 7.57. The highest BCUT2D eigenvalue weighted by molar-refractivity contribution is 7.19. The molecule has 1 aliphatic heterocycles. The second-order valence-electron chi connectivity index (χ2n) is 14.8. The third-order valence-electron chi connectivity index (χ3n) is 11.1. The average molecular weight is 706 g/mol. The quantitative estimate of drug-likeness (QED) is 0.111. The zero-order chi connectivity index (χ0) is 36.5. The average Bonchev–Trinajstić information content (AvgIpc) is 3.43. The van der Waals surface area contributed by atoms with Gasteiger partial charge in [0.25, 0.3) is 0 Å². The van der Waals surface area contributed by atoms with Gasteiger partial charge in [-0.15, -0.1) is 0 Å². The number of rotatable bonds is 9. The van der Waals surface area contributed by atoms with Gasteiger partial charge in [0.05, 0.1) is 11.2 Å². The van der Waals surface area contributed by atoms with Crippen LogP contribution < -0.4 is 31.1 Å². The van der Waals surface area contributed by atoms with Gasteiger partial charge in [-0.05, 0) is 101 Å². The molecule has 0 bridgehead atoms. The van der Waals surface area contributed by atoms with Crippen molar-refractivity contribution in [3.8, 4) is 11.1 Å². The summed E-state index contributed by atoms with van der Waals surface area (Å²) in [5, 5.41) is 5.41. The van der Waals surface area contributed by atoms with Crippen LogP contribution in [-0.2, 0) is 9.31 Å². The van der Waals surface area contributed by atoms with Crippen LogP contribution in [0.1, 0.15) is 27.7 Å². The van der Waals surface area contributed by atoms with Crippen LogP contribution in [-0.4, -0.2) is 26.4 Å². The third kappa shape index (κ3) is 6.46. The molecule has 7 aromatic rings. The first kappa shape index (κ1) is 34.6. The molecule has 5 heteroatoms. The summed E-state index contributed by atoms with van der Waals surface area (Å²) in [5.74, 6) is 0. The Hall–Kier alpha value is -5.46. The van der Waals surface area contributed by atoms with Gasteiger partial charge < -0.3 is 14.2 Å². The minimum Gasteiger partial charge on any atom is -0.399 e. The van der Waals surface area contributed by atoms with Crippen molar-refractivity contribution in [1.82, 2.24) is 0 Å². The lowest BCUT2D eigenvalue weighted by atomic mass is 9.79. The SMILES string of the molecule is CC1(C)OB(c2ccc(N(c3ccc(-c4ccccc4)cc3)c3ccc([Si](c4ccccc4)(c4ccccc4)c4ccccc4)cc3)cc2)OC1(C)C. The topological polar surface area (TPSA) is 21.7 Å². The van der Waals surface area contributed by atoms with Gasteiger partial charge >= 0.3 is 7.12 Å². The van der Waals surface area contributed by atoms with Gasteiger partial charge in [-0.25, -0.2) is 0 Å². The summed E-state index contributed by atoms with van der Waals surface area (Å²) < 4.78 is 12.8. The van der Waals surface area contributed by atoms with Gasteiger partial charge in [0.2, 0.25) is 0 Å². The van der Waals surface area contributed by atoms with Gasteiger partial charge in [-0.1, -0.05) is 158 Å². The van der Waals surface area contributed by atoms with Gasteiger partial charge in [-0.3, -0.25) is 0 Å². The first-order chi connectivity index (χ1) is 25.8. The van der Waals surface area contributed by atoms with E-state index >= 15 is 0 Å². The van der Waals surface area contributed by atoms with Crippen molar-refractivity contribution >= 4 is 58.5 Å². The molecule has 0 amide bonds. The minimum atomic E-state index is -2.65. The van der Waals surface area contributed by atoms with E-state index in [9.17, 15) is 0 Å². The smallest absolute Gasteiger partial charge is 0.399 e. The second-order valence-corrected chi connectivity index (χ2v) is 18.6. The first-order valence-corrected chi connectivity index (χ1v) is 20.4. The van der Waals surface area contributed by atoms with E-state index in [0.717, 1.165) is 22.5 Å². The molecule has 0 unspecified atom stereocenters. The molecule has 0 aromatic heterocycles. The molecule has 1 aliphatic rings. The van der Waals surface area contributed by atoms with Gasteiger partial charge in [-0.2, -0.15) is 0 Å². The Morgan fingerprint density at radius 3 is 1.11 bits per heavy atom. The molecule has 260 valence electrons. The number of anilines is 3. The Bertz CT molecular complexity index is 2150. The Labute approximate surface area is 315 Å². The molecule has 8 rings (SSSR count). The van der Waals surface area contributed by atoms with Crippen LogP contribution in [0.2, 0.25) is 0 Å². The standard InChI is InChI=1S/C48H44BNO2Si/c1-47(2)48(3,4)52-49(51-47)39-27-31-41(32-28-39)50(40-29-25-38(26-30-40)37-17-9-5-10-18-37)42-33-35-46(36-34-42)53(43-19-11-6-12-20-43,44-21-13-7-14-22-44)45-23-15-8-16-24-45/h5-36H,1-4H3. The summed E-state index contributed by atoms with van der Waals surface area (Å²) >= 11 is 0. The lowest BCUT2D eigenvalue weighted by Gasteiger charge is -2.35. The summed E-state index contributed by atoms with van der Waals surface area (Å²) in [6.45, 7) is 8.38. The first-order valence-electron chi connectivity index (χ1n) is 18.4. The zero-order valence-electron chi connectivity index (χ0n) is 30.8. The van der Waals surface area contributed by atoms with Crippen molar-refractivity contribution in [2.24, 2.45) is 0 Å². The number of hydrogen-bond donors (Lipinski definition) is 0. The molecule has 1 saturated heterocycles. The van der Waals surface area contributed by atoms with Crippen molar-refractivity contribution in [1.29, 1.82) is 0 Å². The van der Waals surface area contributed by atoms with Crippen LogP contribution in [0.3, 0.4) is 0 Å². The van der Waals surface area contributed by atoms with Crippen molar-refractivity contribution < 1.29 is 9.31 Å². The second kappa shape index (κ2) is 14.2. The van der Waals surface area contributed by atoms with E-state index in [1.807, 2.05) is 0 Å². The minimum absolute atomic E-state index is 0.400. The Balaban J connectivity index is 1.24. The molecule has 7 aromatic carbocycles. The van der Waals surface area contributed by atoms with Crippen LogP contribution in [0.4, 0.5) is 17.1 Å². The molecule has 0 spiro atoms. The zero-order valence-corrected chi connectivity index (χ0v) is 31.8. The lowest BCUT2D eigenvalue weighted by Crippen LogP contribution is -2.74. The van der Waals surface area contributed by atoms with Crippen molar-refractivity contribution in [3.63, 3.8) is 0 Å². The molecule has 0 saturated carbocycles. The monoisotopic (exact) mass is 705 g/mol. The highest BCUT2D eigenvalue weighted by Gasteiger charge is 2.51. The lowest BCUT2D eigenvalue weighted by molar-refractivity contribution is 0.00578. The molecule has 0 aliphatic carbocycles. The number of benzene rings is 7. The van der Waals surface area contributed by atoms with Crippen LogP contribution >= 0.6 is 0 Å². The highest BCUT2D eigenvalue weighted by atomic mass is 28.3. The molecule has 0 N–H and O–H groups in total. The van der Waals surface area contributed by atoms with Gasteiger partial charge in [0, 0.05) is 17.1 Å². The summed E-state index contributed by atoms with van der Waals surface area (Å²) in [7, 11) is -3.07. The van der Waals surface area contributed by atoms with E-state index in [2.05, 4.69) is 227 Å². The number of nitrogens with zero attached hydrogens (tertiary/aromatic N) is 1. The van der Waals surface area contributed by atoms with Crippen LogP contribution in [0.25, 0.3) is 11.1 Å². The predicted octanol–water partition coefficient (Wildman–Crippen LogP) is 8.50. The normalized spacial score (nSPS) is 14.9. The predicted molar refractivity (Wildman–Crippen MR) is 226 cm³/mol. The fraction of sp³-hybridized carbons (Fsp3) is 0.125. The van der Waals surface area contributed by atoms with E-state index < -0.39 is 26.4 Å². The molecule has 0 radical (unpaired) electrons. The molecular formula is C48H44BNO2Si. The Kier molecular flexibility index (Phi) is 9.25. The number of hydrogen-bond acceptors (Lipinski definition) is 3. The maximum atomic E-state index is 6.40. The molecule has 53 heavy (non-hydrogen) atoms. The van der Waals surface area contributed by atoms with E-state index in [0.29, 0.717) is 0 Å². The summed E-state index contributed by atoms with van der Waals surface area (Å²) in [6, 6.07) is 70.5. The molecule has 0 atom stereocenters. The third-order valence-corrected chi connectivity index (χ3v) is 15.9. The fourth-order valence-corrected chi connectivity index (χ4v) is 12.3. The Morgan fingerprint density at radius 1 is 0.377 bits per heavy atom. The van der Waals surface area contributed by atoms with Crippen molar-refractivity contribution in [2.45, 2.75) is 38.9 Å². The largest absolute Gasteiger partial charge is 0.494 e. The summed E-state index contributed by atoms with van der Waals surface area (Å²) in [6.07, 6.45) is 0. The molecule has 1 fully saturated rings. The molecular weight excluding hydrogens is 661 g/mol. The summed E-state index contributed by atoms with van der Waals surface area (Å²) in [4.78, 5) is 2.34.